The molecule has 0 saturated carbocycles. The minimum absolute atomic E-state index is 0.170. The van der Waals surface area contributed by atoms with Crippen molar-refractivity contribution in [3.05, 3.63) is 260 Å². The summed E-state index contributed by atoms with van der Waals surface area (Å²) in [6, 6.07) is 70.9. The van der Waals surface area contributed by atoms with Gasteiger partial charge in [-0.15, -0.1) is 0 Å². The number of hydrogen-bond donors (Lipinski definition) is 0. The molecule has 2 heterocycles. The van der Waals surface area contributed by atoms with Gasteiger partial charge in [0.1, 0.15) is 0 Å². The first-order chi connectivity index (χ1) is 38.6. The summed E-state index contributed by atoms with van der Waals surface area (Å²) in [5.41, 5.74) is 26.5. The topological polar surface area (TPSA) is 25.8 Å². The second kappa shape index (κ2) is 19.7. The van der Waals surface area contributed by atoms with Gasteiger partial charge < -0.3 is 0 Å². The number of aryl methyl sites for hydroxylation is 2. The van der Waals surface area contributed by atoms with Crippen LogP contribution in [0.25, 0.3) is 65.9 Å². The fourth-order valence-corrected chi connectivity index (χ4v) is 15.1. The molecular weight excluding hydrogens is 941 g/mol. The summed E-state index contributed by atoms with van der Waals surface area (Å²) in [6.45, 7) is 4.60. The van der Waals surface area contributed by atoms with Crippen LogP contribution in [0, 0.1) is 0 Å². The van der Waals surface area contributed by atoms with Crippen LogP contribution in [0.4, 0.5) is 0 Å². The molecule has 0 radical (unpaired) electrons. The molecule has 4 bridgehead atoms. The smallest absolute Gasteiger partial charge is 0.0788 e. The lowest BCUT2D eigenvalue weighted by molar-refractivity contribution is 0.607. The number of hydrogen-bond acceptors (Lipinski definition) is 2. The fraction of sp³-hybridized carbons (Fsp3) is 0.263. The van der Waals surface area contributed by atoms with Gasteiger partial charge in [-0.05, 0) is 151 Å². The number of fused-ring (bicyclic) bond motifs is 6. The quantitative estimate of drug-likeness (QED) is 0.0548. The van der Waals surface area contributed by atoms with E-state index in [1.54, 1.807) is 0 Å². The summed E-state index contributed by atoms with van der Waals surface area (Å²) in [4.78, 5) is 11.7. The molecule has 6 aliphatic rings. The van der Waals surface area contributed by atoms with E-state index in [0.29, 0.717) is 0 Å². The Balaban J connectivity index is 0.956. The van der Waals surface area contributed by atoms with Crippen LogP contribution in [0.5, 0.6) is 0 Å². The first kappa shape index (κ1) is 47.5. The van der Waals surface area contributed by atoms with E-state index < -0.39 is 0 Å². The molecule has 6 aliphatic carbocycles. The maximum Gasteiger partial charge on any atom is 0.0788 e. The largest absolute Gasteiger partial charge is 0.247 e. The van der Waals surface area contributed by atoms with Crippen molar-refractivity contribution in [2.45, 2.75) is 127 Å². The van der Waals surface area contributed by atoms with Crippen LogP contribution < -0.4 is 0 Å². The maximum absolute atomic E-state index is 5.87. The van der Waals surface area contributed by atoms with Gasteiger partial charge in [-0.2, -0.15) is 0 Å². The third-order valence-electron chi connectivity index (χ3n) is 18.9. The van der Waals surface area contributed by atoms with E-state index in [0.717, 1.165) is 35.3 Å². The minimum atomic E-state index is 0.170. The monoisotopic (exact) mass is 1010 g/mol. The Morgan fingerprint density at radius 2 is 0.564 bits per heavy atom. The van der Waals surface area contributed by atoms with Crippen molar-refractivity contribution in [2.24, 2.45) is 0 Å². The third kappa shape index (κ3) is 7.72. The van der Waals surface area contributed by atoms with Crippen molar-refractivity contribution in [2.75, 3.05) is 0 Å². The molecule has 382 valence electrons. The van der Waals surface area contributed by atoms with Crippen molar-refractivity contribution in [3.8, 4) is 22.5 Å². The minimum Gasteiger partial charge on any atom is -0.247 e. The number of benzene rings is 9. The lowest BCUT2D eigenvalue weighted by atomic mass is 9.61. The molecule has 0 N–H and O–H groups in total. The zero-order chi connectivity index (χ0) is 51.8. The Hall–Kier alpha value is -7.68. The van der Waals surface area contributed by atoms with Gasteiger partial charge >= 0.3 is 0 Å². The van der Waals surface area contributed by atoms with Gasteiger partial charge in [-0.1, -0.05) is 224 Å². The van der Waals surface area contributed by atoms with E-state index in [4.69, 9.17) is 9.97 Å². The molecule has 0 amide bonds. The van der Waals surface area contributed by atoms with Gasteiger partial charge in [0.2, 0.25) is 0 Å². The lowest BCUT2D eigenvalue weighted by Crippen LogP contribution is -2.27. The molecule has 17 rings (SSSR count). The first-order valence-electron chi connectivity index (χ1n) is 29.9. The van der Waals surface area contributed by atoms with Crippen molar-refractivity contribution < 1.29 is 0 Å². The molecule has 2 nitrogen and oxygen atoms in total. The number of nitrogens with zero attached hydrogens (tertiary/aromatic N) is 2. The normalized spacial score (nSPS) is 17.1. The Kier molecular flexibility index (Phi) is 12.0. The molecular formula is C76H68N2. The zero-order valence-electron chi connectivity index (χ0n) is 45.4. The highest BCUT2D eigenvalue weighted by Gasteiger charge is 2.43. The Morgan fingerprint density at radius 1 is 0.269 bits per heavy atom. The van der Waals surface area contributed by atoms with Gasteiger partial charge in [-0.25, -0.2) is 9.97 Å². The van der Waals surface area contributed by atoms with Crippen LogP contribution in [0.3, 0.4) is 0 Å². The predicted molar refractivity (Wildman–Crippen MR) is 327 cm³/mol. The highest BCUT2D eigenvalue weighted by atomic mass is 14.7. The van der Waals surface area contributed by atoms with Crippen molar-refractivity contribution >= 4 is 43.4 Å². The van der Waals surface area contributed by atoms with Crippen LogP contribution in [-0.2, 0) is 12.8 Å². The number of aromatic nitrogens is 2. The Labute approximate surface area is 460 Å². The van der Waals surface area contributed by atoms with E-state index in [-0.39, 0.29) is 23.7 Å². The van der Waals surface area contributed by atoms with Gasteiger partial charge in [0.15, 0.2) is 0 Å². The summed E-state index contributed by atoms with van der Waals surface area (Å²) in [6.07, 6.45) is 17.9. The molecule has 78 heavy (non-hydrogen) atoms. The molecule has 0 unspecified atom stereocenters. The molecule has 0 atom stereocenters. The molecule has 0 fully saturated rings. The molecule has 0 aliphatic heterocycles. The van der Waals surface area contributed by atoms with Crippen LogP contribution >= 0.6 is 0 Å². The van der Waals surface area contributed by atoms with Crippen molar-refractivity contribution in [3.63, 3.8) is 0 Å². The van der Waals surface area contributed by atoms with E-state index in [1.807, 2.05) is 0 Å². The van der Waals surface area contributed by atoms with Crippen LogP contribution in [0.2, 0.25) is 0 Å². The highest BCUT2D eigenvalue weighted by molar-refractivity contribution is 6.21. The van der Waals surface area contributed by atoms with Gasteiger partial charge in [0.05, 0.1) is 22.4 Å². The molecule has 2 heteroatoms. The summed E-state index contributed by atoms with van der Waals surface area (Å²) < 4.78 is 0. The molecule has 0 saturated heterocycles. The van der Waals surface area contributed by atoms with E-state index >= 15 is 0 Å². The molecule has 9 aromatic carbocycles. The highest BCUT2D eigenvalue weighted by Crippen LogP contribution is 2.59. The molecule has 0 spiro atoms. The number of pyridine rings is 2. The maximum atomic E-state index is 5.87. The van der Waals surface area contributed by atoms with Gasteiger partial charge in [-0.3, -0.25) is 0 Å². The van der Waals surface area contributed by atoms with Gasteiger partial charge in [0, 0.05) is 56.3 Å². The van der Waals surface area contributed by atoms with Crippen LogP contribution in [-0.4, -0.2) is 9.97 Å². The average molecular weight is 1010 g/mol. The second-order valence-electron chi connectivity index (χ2n) is 23.5. The second-order valence-corrected chi connectivity index (χ2v) is 23.5. The summed E-state index contributed by atoms with van der Waals surface area (Å²) >= 11 is 0. The molecule has 2 aromatic heterocycles. The number of rotatable bonds is 16. The van der Waals surface area contributed by atoms with Crippen LogP contribution in [0.15, 0.2) is 182 Å². The van der Waals surface area contributed by atoms with Crippen molar-refractivity contribution in [1.29, 1.82) is 0 Å². The number of unbranched alkanes of at least 4 members (excludes halogenated alkanes) is 10. The predicted octanol–water partition coefficient (Wildman–Crippen LogP) is 20.2. The molecule has 11 aromatic rings. The standard InChI is InChI=1S/C76H68N2/c1-3-5-7-9-11-13-23-47-33-37-49(38-34-47)75-67-41-60-62-44-64-66(74-57-31-21-17-27-53(57)72(64)54-28-18-22-32-58(54)74)46-70(62)78-76(50-39-35-48(36-40-50)24-14-12-10-8-6-4-2)68(60)42-59(67)61-43-63-65(45-69(61)77-75)73-55-29-19-15-25-51(55)71(63)52-26-16-20-30-56(52)73/h15-22,25-46,71-74H,3-14,23-24H2,1-2H3. The third-order valence-corrected chi connectivity index (χ3v) is 18.9. The van der Waals surface area contributed by atoms with E-state index in [2.05, 4.69) is 196 Å². The summed E-state index contributed by atoms with van der Waals surface area (Å²) in [7, 11) is 0. The fourth-order valence-electron chi connectivity index (χ4n) is 15.1. The van der Waals surface area contributed by atoms with Crippen LogP contribution in [0.1, 0.15) is 192 Å². The zero-order valence-corrected chi connectivity index (χ0v) is 45.4. The van der Waals surface area contributed by atoms with Gasteiger partial charge in [0.25, 0.3) is 0 Å². The van der Waals surface area contributed by atoms with Crippen molar-refractivity contribution in [1.82, 2.24) is 9.97 Å². The van der Waals surface area contributed by atoms with E-state index in [9.17, 15) is 0 Å². The Bertz CT molecular complexity index is 3780. The first-order valence-corrected chi connectivity index (χ1v) is 29.9. The summed E-state index contributed by atoms with van der Waals surface area (Å²) in [5.74, 6) is 0.687. The summed E-state index contributed by atoms with van der Waals surface area (Å²) in [5, 5.41) is 7.31. The average Bonchev–Trinajstić information content (AvgIpc) is 2.45. The lowest BCUT2D eigenvalue weighted by Gasteiger charge is -2.42. The Morgan fingerprint density at radius 3 is 0.885 bits per heavy atom. The SMILES string of the molecule is CCCCCCCCc1ccc(-c2nc3cc4c(cc3c3cc5c(-c6ccc(CCCCCCCC)cc6)nc6cc7c(cc6c5cc23)C2c3ccccc3C7c3ccccc32)C2c3ccccc3C4c3ccccc32)cc1. The van der Waals surface area contributed by atoms with E-state index in [1.165, 1.54) is 198 Å².